The minimum Gasteiger partial charge on any atom is -0.317 e. The molecule has 0 spiro atoms. The number of nitrogens with one attached hydrogen (secondary N) is 1. The molecule has 0 bridgehead atoms. The Bertz CT molecular complexity index is 451. The molecule has 2 amide bonds. The van der Waals surface area contributed by atoms with Crippen molar-refractivity contribution < 1.29 is 9.18 Å². The Morgan fingerprint density at radius 2 is 2.29 bits per heavy atom. The summed E-state index contributed by atoms with van der Waals surface area (Å²) < 4.78 is 13.2. The lowest BCUT2D eigenvalue weighted by Gasteiger charge is -2.28. The van der Waals surface area contributed by atoms with Crippen LogP contribution in [-0.2, 0) is 0 Å². The highest BCUT2D eigenvalue weighted by Crippen LogP contribution is 2.24. The maximum absolute atomic E-state index is 13.2. The molecule has 5 heteroatoms. The summed E-state index contributed by atoms with van der Waals surface area (Å²) in [6.45, 7) is 3.02. The molecule has 1 N–H and O–H groups in total. The van der Waals surface area contributed by atoms with E-state index in [9.17, 15) is 9.18 Å². The van der Waals surface area contributed by atoms with E-state index in [1.165, 1.54) is 12.1 Å². The van der Waals surface area contributed by atoms with Crippen LogP contribution in [0, 0.1) is 5.82 Å². The summed E-state index contributed by atoms with van der Waals surface area (Å²) in [5.41, 5.74) is 0.643. The number of rotatable bonds is 1. The monoisotopic (exact) mass is 235 g/mol. The van der Waals surface area contributed by atoms with Crippen LogP contribution < -0.4 is 10.2 Å². The van der Waals surface area contributed by atoms with Crippen molar-refractivity contribution in [3.63, 3.8) is 0 Å². The minimum atomic E-state index is -0.307. The number of fused-ring (bicyclic) bond motifs is 1. The zero-order valence-electron chi connectivity index (χ0n) is 9.40. The van der Waals surface area contributed by atoms with Gasteiger partial charge in [-0.2, -0.15) is 0 Å². The smallest absolute Gasteiger partial charge is 0.317 e. The van der Waals surface area contributed by atoms with Crippen molar-refractivity contribution in [3.05, 3.63) is 30.1 Å². The van der Waals surface area contributed by atoms with E-state index < -0.39 is 0 Å². The molecule has 1 aromatic rings. The molecule has 2 aliphatic heterocycles. The highest BCUT2D eigenvalue weighted by Gasteiger charge is 2.38. The van der Waals surface area contributed by atoms with Crippen molar-refractivity contribution in [1.29, 1.82) is 0 Å². The first-order valence-corrected chi connectivity index (χ1v) is 5.80. The molecule has 3 rings (SSSR count). The highest BCUT2D eigenvalue weighted by atomic mass is 19.1. The second-order valence-corrected chi connectivity index (χ2v) is 4.42. The fourth-order valence-corrected chi connectivity index (χ4v) is 2.48. The predicted molar refractivity (Wildman–Crippen MR) is 62.5 cm³/mol. The van der Waals surface area contributed by atoms with Crippen LogP contribution in [-0.4, -0.2) is 43.2 Å². The van der Waals surface area contributed by atoms with E-state index >= 15 is 0 Å². The van der Waals surface area contributed by atoms with Crippen molar-refractivity contribution in [3.8, 4) is 0 Å². The second-order valence-electron chi connectivity index (χ2n) is 4.42. The van der Waals surface area contributed by atoms with Gasteiger partial charge in [0.2, 0.25) is 0 Å². The first kappa shape index (κ1) is 10.5. The van der Waals surface area contributed by atoms with E-state index in [1.54, 1.807) is 17.0 Å². The third-order valence-electron chi connectivity index (χ3n) is 3.34. The number of hydrogen-bond donors (Lipinski definition) is 1. The van der Waals surface area contributed by atoms with Gasteiger partial charge in [-0.25, -0.2) is 9.18 Å². The number of hydrogen-bond acceptors (Lipinski definition) is 2. The largest absolute Gasteiger partial charge is 0.324 e. The molecule has 0 aliphatic carbocycles. The first-order chi connectivity index (χ1) is 8.25. The lowest BCUT2D eigenvalue weighted by atomic mass is 10.2. The van der Waals surface area contributed by atoms with Crippen LogP contribution in [0.2, 0.25) is 0 Å². The standard InChI is InChI=1S/C12H14FN3O/c13-9-2-1-3-10(6-9)16-8-11-7-14-4-5-15(11)12(16)17/h1-3,6,11,14H,4-5,7-8H2/t11-/m0/s1. The van der Waals surface area contributed by atoms with Crippen LogP contribution in [0.15, 0.2) is 24.3 Å². The normalized spacial score (nSPS) is 24.1. The van der Waals surface area contributed by atoms with Gasteiger partial charge < -0.3 is 10.2 Å². The summed E-state index contributed by atoms with van der Waals surface area (Å²) in [5.74, 6) is -0.307. The van der Waals surface area contributed by atoms with Crippen LogP contribution in [0.5, 0.6) is 0 Å². The lowest BCUT2D eigenvalue weighted by Crippen LogP contribution is -2.49. The summed E-state index contributed by atoms with van der Waals surface area (Å²) in [5, 5.41) is 3.27. The number of halogens is 1. The van der Waals surface area contributed by atoms with E-state index in [1.807, 2.05) is 4.90 Å². The van der Waals surface area contributed by atoms with Crippen molar-refractivity contribution >= 4 is 11.7 Å². The van der Waals surface area contributed by atoms with Crippen LogP contribution in [0.4, 0.5) is 14.9 Å². The maximum Gasteiger partial charge on any atom is 0.324 e. The minimum absolute atomic E-state index is 0.0119. The van der Waals surface area contributed by atoms with E-state index in [0.717, 1.165) is 19.6 Å². The Morgan fingerprint density at radius 3 is 3.06 bits per heavy atom. The number of urea groups is 1. The number of anilines is 1. The van der Waals surface area contributed by atoms with Gasteiger partial charge in [0.05, 0.1) is 6.04 Å². The SMILES string of the molecule is O=C1N(c2cccc(F)c2)C[C@@H]2CNCCN12. The van der Waals surface area contributed by atoms with Crippen molar-refractivity contribution in [2.24, 2.45) is 0 Å². The third kappa shape index (κ3) is 1.76. The fraction of sp³-hybridized carbons (Fsp3) is 0.417. The van der Waals surface area contributed by atoms with Crippen LogP contribution in [0.1, 0.15) is 0 Å². The summed E-state index contributed by atoms with van der Waals surface area (Å²) in [7, 11) is 0. The maximum atomic E-state index is 13.2. The number of amides is 2. The first-order valence-electron chi connectivity index (χ1n) is 5.80. The Hall–Kier alpha value is -1.62. The topological polar surface area (TPSA) is 35.6 Å². The van der Waals surface area contributed by atoms with Gasteiger partial charge in [-0.1, -0.05) is 6.07 Å². The van der Waals surface area contributed by atoms with Gasteiger partial charge in [0.1, 0.15) is 5.82 Å². The molecule has 90 valence electrons. The summed E-state index contributed by atoms with van der Waals surface area (Å²) in [6, 6.07) is 6.39. The number of nitrogens with zero attached hydrogens (tertiary/aromatic N) is 2. The number of carbonyl (C=O) groups excluding carboxylic acids is 1. The zero-order chi connectivity index (χ0) is 11.8. The lowest BCUT2D eigenvalue weighted by molar-refractivity contribution is 0.193. The summed E-state index contributed by atoms with van der Waals surface area (Å²) in [4.78, 5) is 15.7. The Morgan fingerprint density at radius 1 is 1.41 bits per heavy atom. The van der Waals surface area contributed by atoms with E-state index in [4.69, 9.17) is 0 Å². The van der Waals surface area contributed by atoms with E-state index in [-0.39, 0.29) is 17.9 Å². The molecule has 0 radical (unpaired) electrons. The number of carbonyl (C=O) groups is 1. The van der Waals surface area contributed by atoms with Gasteiger partial charge in [-0.3, -0.25) is 4.90 Å². The van der Waals surface area contributed by atoms with Crippen LogP contribution in [0.3, 0.4) is 0 Å². The van der Waals surface area contributed by atoms with Crippen LogP contribution in [0.25, 0.3) is 0 Å². The number of piperazine rings is 1. The van der Waals surface area contributed by atoms with E-state index in [2.05, 4.69) is 5.32 Å². The Kier molecular flexibility index (Phi) is 2.48. The second kappa shape index (κ2) is 4.00. The Labute approximate surface area is 99.0 Å². The molecule has 2 fully saturated rings. The van der Waals surface area contributed by atoms with E-state index in [0.29, 0.717) is 12.2 Å². The van der Waals surface area contributed by atoms with Gasteiger partial charge in [0.25, 0.3) is 0 Å². The molecule has 1 aromatic carbocycles. The molecule has 2 saturated heterocycles. The molecule has 0 aromatic heterocycles. The molecule has 4 nitrogen and oxygen atoms in total. The third-order valence-corrected chi connectivity index (χ3v) is 3.34. The van der Waals surface area contributed by atoms with Crippen molar-refractivity contribution in [2.45, 2.75) is 6.04 Å². The zero-order valence-corrected chi connectivity index (χ0v) is 9.40. The van der Waals surface area contributed by atoms with Crippen molar-refractivity contribution in [2.75, 3.05) is 31.1 Å². The molecular formula is C12H14FN3O. The molecule has 2 heterocycles. The average Bonchev–Trinajstić information content (AvgIpc) is 2.68. The average molecular weight is 235 g/mol. The molecule has 1 atom stereocenters. The quantitative estimate of drug-likeness (QED) is 0.789. The van der Waals surface area contributed by atoms with Gasteiger partial charge in [0.15, 0.2) is 0 Å². The molecule has 17 heavy (non-hydrogen) atoms. The summed E-state index contributed by atoms with van der Waals surface area (Å²) in [6.07, 6.45) is 0. The molecule has 0 saturated carbocycles. The Balaban J connectivity index is 1.87. The molecule has 2 aliphatic rings. The van der Waals surface area contributed by atoms with Gasteiger partial charge in [-0.05, 0) is 18.2 Å². The predicted octanol–water partition coefficient (Wildman–Crippen LogP) is 1.04. The molecular weight excluding hydrogens is 221 g/mol. The highest BCUT2D eigenvalue weighted by molar-refractivity contribution is 5.94. The summed E-state index contributed by atoms with van der Waals surface area (Å²) >= 11 is 0. The van der Waals surface area contributed by atoms with Gasteiger partial charge in [0, 0.05) is 31.9 Å². The van der Waals surface area contributed by atoms with Crippen molar-refractivity contribution in [1.82, 2.24) is 10.2 Å². The number of benzene rings is 1. The van der Waals surface area contributed by atoms with Gasteiger partial charge in [-0.15, -0.1) is 0 Å². The molecule has 0 unspecified atom stereocenters. The van der Waals surface area contributed by atoms with Gasteiger partial charge >= 0.3 is 6.03 Å². The fourth-order valence-electron chi connectivity index (χ4n) is 2.48. The van der Waals surface area contributed by atoms with Crippen LogP contribution >= 0.6 is 0 Å².